The van der Waals surface area contributed by atoms with Crippen molar-refractivity contribution < 1.29 is 9.53 Å². The molecule has 0 aromatic heterocycles. The number of carbonyl (C=O) groups excluding carboxylic acids is 1. The van der Waals surface area contributed by atoms with Gasteiger partial charge in [0.1, 0.15) is 5.75 Å². The zero-order valence-electron chi connectivity index (χ0n) is 11.2. The third-order valence-electron chi connectivity index (χ3n) is 2.34. The number of nitrogens with one attached hydrogen (secondary N) is 1. The lowest BCUT2D eigenvalue weighted by Gasteiger charge is -2.13. The van der Waals surface area contributed by atoms with Crippen LogP contribution in [-0.2, 0) is 4.79 Å². The minimum Gasteiger partial charge on any atom is -0.493 e. The molecule has 1 amide bonds. The fourth-order valence-electron chi connectivity index (χ4n) is 1.36. The van der Waals surface area contributed by atoms with Crippen molar-refractivity contribution in [3.8, 4) is 5.75 Å². The molecule has 0 saturated heterocycles. The van der Waals surface area contributed by atoms with Gasteiger partial charge in [-0.25, -0.2) is 0 Å². The van der Waals surface area contributed by atoms with Crippen LogP contribution in [0.15, 0.2) is 18.2 Å². The van der Waals surface area contributed by atoms with Crippen molar-refractivity contribution in [1.29, 1.82) is 0 Å². The number of nitrogens with two attached hydrogens (primary N) is 1. The lowest BCUT2D eigenvalue weighted by atomic mass is 10.2. The van der Waals surface area contributed by atoms with Crippen molar-refractivity contribution in [3.05, 3.63) is 18.2 Å². The average molecular weight is 251 g/mol. The number of nitrogens with zero attached hydrogens (tertiary/aromatic N) is 1. The molecule has 0 unspecified atom stereocenters. The second kappa shape index (κ2) is 6.74. The summed E-state index contributed by atoms with van der Waals surface area (Å²) < 4.78 is 5.52. The number of anilines is 2. The van der Waals surface area contributed by atoms with Crippen molar-refractivity contribution in [1.82, 2.24) is 4.90 Å². The van der Waals surface area contributed by atoms with Crippen LogP contribution in [0, 0.1) is 0 Å². The fraction of sp³-hybridized carbons (Fsp3) is 0.462. The minimum absolute atomic E-state index is 0.00783. The molecule has 0 bridgehead atoms. The highest BCUT2D eigenvalue weighted by Crippen LogP contribution is 2.22. The molecular formula is C13H21N3O2. The molecule has 0 aliphatic rings. The van der Waals surface area contributed by atoms with Crippen LogP contribution in [0.5, 0.6) is 5.75 Å². The van der Waals surface area contributed by atoms with Crippen LogP contribution in [0.2, 0.25) is 0 Å². The molecule has 1 aromatic carbocycles. The molecule has 0 aliphatic carbocycles. The van der Waals surface area contributed by atoms with Gasteiger partial charge in [-0.05, 0) is 12.5 Å². The normalized spacial score (nSPS) is 9.94. The zero-order valence-corrected chi connectivity index (χ0v) is 11.2. The molecule has 0 fully saturated rings. The Morgan fingerprint density at radius 2 is 2.11 bits per heavy atom. The van der Waals surface area contributed by atoms with E-state index in [1.165, 1.54) is 4.90 Å². The summed E-state index contributed by atoms with van der Waals surface area (Å²) in [5, 5.41) is 3.03. The smallest absolute Gasteiger partial charge is 0.241 e. The van der Waals surface area contributed by atoms with E-state index < -0.39 is 0 Å². The van der Waals surface area contributed by atoms with E-state index in [0.29, 0.717) is 12.3 Å². The average Bonchev–Trinajstić information content (AvgIpc) is 2.32. The van der Waals surface area contributed by atoms with E-state index in [0.717, 1.165) is 17.9 Å². The number of likely N-dealkylation sites (N-methyl/N-ethyl adjacent to an activating group) is 1. The van der Waals surface area contributed by atoms with E-state index in [9.17, 15) is 4.79 Å². The van der Waals surface area contributed by atoms with Gasteiger partial charge in [0, 0.05) is 37.6 Å². The van der Waals surface area contributed by atoms with Crippen molar-refractivity contribution in [2.45, 2.75) is 13.3 Å². The predicted molar refractivity (Wildman–Crippen MR) is 73.8 cm³/mol. The van der Waals surface area contributed by atoms with Crippen LogP contribution in [0.25, 0.3) is 0 Å². The van der Waals surface area contributed by atoms with E-state index >= 15 is 0 Å². The summed E-state index contributed by atoms with van der Waals surface area (Å²) >= 11 is 0. The lowest BCUT2D eigenvalue weighted by Crippen LogP contribution is -2.28. The summed E-state index contributed by atoms with van der Waals surface area (Å²) in [4.78, 5) is 13.0. The Balaban J connectivity index is 2.65. The number of rotatable bonds is 6. The zero-order chi connectivity index (χ0) is 13.5. The Kier molecular flexibility index (Phi) is 5.30. The van der Waals surface area contributed by atoms with Crippen molar-refractivity contribution in [2.75, 3.05) is 38.3 Å². The number of nitrogen functional groups attached to an aromatic ring is 1. The molecule has 0 saturated carbocycles. The largest absolute Gasteiger partial charge is 0.493 e. The summed E-state index contributed by atoms with van der Waals surface area (Å²) in [6.45, 7) is 2.93. The highest BCUT2D eigenvalue weighted by atomic mass is 16.5. The molecule has 0 atom stereocenters. The van der Waals surface area contributed by atoms with Crippen LogP contribution in [0.1, 0.15) is 13.3 Å². The maximum Gasteiger partial charge on any atom is 0.241 e. The Morgan fingerprint density at radius 3 is 2.72 bits per heavy atom. The van der Waals surface area contributed by atoms with Crippen molar-refractivity contribution >= 4 is 17.3 Å². The fourth-order valence-corrected chi connectivity index (χ4v) is 1.36. The molecule has 100 valence electrons. The van der Waals surface area contributed by atoms with Gasteiger partial charge in [-0.1, -0.05) is 6.92 Å². The van der Waals surface area contributed by atoms with Gasteiger partial charge in [-0.15, -0.1) is 0 Å². The predicted octanol–water partition coefficient (Wildman–Crippen LogP) is 1.56. The van der Waals surface area contributed by atoms with Crippen LogP contribution < -0.4 is 15.8 Å². The molecule has 1 aromatic rings. The number of carbonyl (C=O) groups is 1. The highest BCUT2D eigenvalue weighted by molar-refractivity contribution is 5.80. The minimum atomic E-state index is 0.00783. The number of ether oxygens (including phenoxy) is 1. The van der Waals surface area contributed by atoms with E-state index in [1.807, 2.05) is 13.0 Å². The Bertz CT molecular complexity index is 405. The summed E-state index contributed by atoms with van der Waals surface area (Å²) in [6, 6.07) is 5.39. The first kappa shape index (κ1) is 14.2. The maximum absolute atomic E-state index is 11.5. The molecule has 0 aliphatic heterocycles. The third kappa shape index (κ3) is 4.53. The molecule has 5 nitrogen and oxygen atoms in total. The maximum atomic E-state index is 11.5. The van der Waals surface area contributed by atoms with Gasteiger partial charge in [0.05, 0.1) is 13.2 Å². The van der Waals surface area contributed by atoms with Gasteiger partial charge in [-0.3, -0.25) is 4.79 Å². The quantitative estimate of drug-likeness (QED) is 0.753. The van der Waals surface area contributed by atoms with Crippen LogP contribution >= 0.6 is 0 Å². The Labute approximate surface area is 108 Å². The molecule has 3 N–H and O–H groups in total. The van der Waals surface area contributed by atoms with Crippen LogP contribution in [0.3, 0.4) is 0 Å². The summed E-state index contributed by atoms with van der Waals surface area (Å²) in [5.74, 6) is 0.727. The van der Waals surface area contributed by atoms with Gasteiger partial charge in [0.25, 0.3) is 0 Å². The highest BCUT2D eigenvalue weighted by Gasteiger charge is 2.05. The number of hydrogen-bond donors (Lipinski definition) is 2. The van der Waals surface area contributed by atoms with Crippen LogP contribution in [-0.4, -0.2) is 38.1 Å². The first-order valence-corrected chi connectivity index (χ1v) is 6.00. The molecule has 5 heteroatoms. The molecule has 0 spiro atoms. The molecule has 18 heavy (non-hydrogen) atoms. The summed E-state index contributed by atoms with van der Waals surface area (Å²) in [7, 11) is 3.44. The van der Waals surface area contributed by atoms with Gasteiger partial charge in [0.2, 0.25) is 5.91 Å². The monoisotopic (exact) mass is 251 g/mol. The lowest BCUT2D eigenvalue weighted by molar-refractivity contribution is -0.126. The Hall–Kier alpha value is -1.91. The van der Waals surface area contributed by atoms with Crippen LogP contribution in [0.4, 0.5) is 11.4 Å². The number of hydrogen-bond acceptors (Lipinski definition) is 4. The van der Waals surface area contributed by atoms with Gasteiger partial charge in [-0.2, -0.15) is 0 Å². The Morgan fingerprint density at radius 1 is 1.39 bits per heavy atom. The van der Waals surface area contributed by atoms with Gasteiger partial charge < -0.3 is 20.7 Å². The molecule has 0 heterocycles. The standard InChI is InChI=1S/C13H21N3O2/c1-4-5-18-12-7-10(14)6-11(8-12)15-9-13(17)16(2)3/h6-8,15H,4-5,9,14H2,1-3H3. The number of benzene rings is 1. The van der Waals surface area contributed by atoms with Crippen molar-refractivity contribution in [3.63, 3.8) is 0 Å². The third-order valence-corrected chi connectivity index (χ3v) is 2.34. The SMILES string of the molecule is CCCOc1cc(N)cc(NCC(=O)N(C)C)c1. The first-order valence-electron chi connectivity index (χ1n) is 6.00. The summed E-state index contributed by atoms with van der Waals surface area (Å²) in [6.07, 6.45) is 0.941. The van der Waals surface area contributed by atoms with E-state index in [4.69, 9.17) is 10.5 Å². The molecule has 1 rings (SSSR count). The van der Waals surface area contributed by atoms with Gasteiger partial charge >= 0.3 is 0 Å². The van der Waals surface area contributed by atoms with Crippen molar-refractivity contribution in [2.24, 2.45) is 0 Å². The topological polar surface area (TPSA) is 67.6 Å². The second-order valence-electron chi connectivity index (χ2n) is 4.28. The van der Waals surface area contributed by atoms with E-state index in [2.05, 4.69) is 5.32 Å². The van der Waals surface area contributed by atoms with E-state index in [1.54, 1.807) is 26.2 Å². The first-order chi connectivity index (χ1) is 8.52. The summed E-state index contributed by atoms with van der Waals surface area (Å²) in [5.41, 5.74) is 7.18. The molecule has 0 radical (unpaired) electrons. The van der Waals surface area contributed by atoms with E-state index in [-0.39, 0.29) is 12.5 Å². The number of amides is 1. The second-order valence-corrected chi connectivity index (χ2v) is 4.28. The molecular weight excluding hydrogens is 230 g/mol. The van der Waals surface area contributed by atoms with Gasteiger partial charge in [0.15, 0.2) is 0 Å².